The number of carbonyl (C=O) groups excluding carboxylic acids is 3. The zero-order chi connectivity index (χ0) is 23.6. The molecule has 1 aromatic carbocycles. The van der Waals surface area contributed by atoms with E-state index in [9.17, 15) is 24.3 Å². The summed E-state index contributed by atoms with van der Waals surface area (Å²) in [4.78, 5) is 48.2. The number of primary amides is 1. The largest absolute Gasteiger partial charge is 0.491 e. The molecule has 31 heavy (non-hydrogen) atoms. The normalized spacial score (nSPS) is 12.7. The SMILES string of the molecule is CNCCOc1ccc(Cl)cc1C(=O)N[C@@H](CCC(N)=O)C(=O)N[C@H](C(=O)O)C(C)C. The summed E-state index contributed by atoms with van der Waals surface area (Å²) in [5.41, 5.74) is 5.27. The smallest absolute Gasteiger partial charge is 0.326 e. The van der Waals surface area contributed by atoms with Crippen molar-refractivity contribution in [1.82, 2.24) is 16.0 Å². The van der Waals surface area contributed by atoms with Gasteiger partial charge in [0.25, 0.3) is 5.91 Å². The van der Waals surface area contributed by atoms with Crippen LogP contribution in [-0.2, 0) is 14.4 Å². The first kappa shape index (κ1) is 26.2. The number of rotatable bonds is 13. The number of amides is 3. The fourth-order valence-electron chi connectivity index (χ4n) is 2.63. The second-order valence-electron chi connectivity index (χ2n) is 7.19. The molecule has 0 spiro atoms. The number of benzene rings is 1. The monoisotopic (exact) mass is 456 g/mol. The number of nitrogens with two attached hydrogens (primary N) is 1. The minimum atomic E-state index is -1.21. The molecule has 0 aliphatic rings. The molecule has 0 unspecified atom stereocenters. The zero-order valence-electron chi connectivity index (χ0n) is 17.7. The Morgan fingerprint density at radius 2 is 1.87 bits per heavy atom. The average molecular weight is 457 g/mol. The molecule has 0 aliphatic carbocycles. The number of carboxylic acid groups (broad SMARTS) is 1. The number of hydrogen-bond acceptors (Lipinski definition) is 6. The Balaban J connectivity index is 3.07. The number of halogens is 1. The van der Waals surface area contributed by atoms with Gasteiger partial charge in [-0.25, -0.2) is 4.79 Å². The van der Waals surface area contributed by atoms with Gasteiger partial charge in [0.1, 0.15) is 24.4 Å². The second kappa shape index (κ2) is 12.8. The number of ether oxygens (including phenoxy) is 1. The Kier molecular flexibility index (Phi) is 10.8. The third-order valence-electron chi connectivity index (χ3n) is 4.33. The number of carboxylic acids is 1. The molecule has 10 nitrogen and oxygen atoms in total. The van der Waals surface area contributed by atoms with Crippen LogP contribution in [0.1, 0.15) is 37.0 Å². The highest BCUT2D eigenvalue weighted by molar-refractivity contribution is 6.31. The first-order chi connectivity index (χ1) is 14.6. The van der Waals surface area contributed by atoms with Crippen molar-refractivity contribution < 1.29 is 29.0 Å². The Morgan fingerprint density at radius 3 is 2.42 bits per heavy atom. The number of aliphatic carboxylic acids is 1. The fourth-order valence-corrected chi connectivity index (χ4v) is 2.80. The van der Waals surface area contributed by atoms with Crippen LogP contribution in [0.5, 0.6) is 5.75 Å². The predicted octanol–water partition coefficient (Wildman–Crippen LogP) is 0.528. The highest BCUT2D eigenvalue weighted by Crippen LogP contribution is 2.23. The van der Waals surface area contributed by atoms with Gasteiger partial charge in [-0.05, 0) is 37.6 Å². The molecule has 2 atom stereocenters. The lowest BCUT2D eigenvalue weighted by atomic mass is 10.0. The van der Waals surface area contributed by atoms with Gasteiger partial charge in [0.05, 0.1) is 5.56 Å². The third-order valence-corrected chi connectivity index (χ3v) is 4.56. The number of likely N-dealkylation sites (N-methyl/N-ethyl adjacent to an activating group) is 1. The summed E-state index contributed by atoms with van der Waals surface area (Å²) in [6, 6.07) is 2.13. The molecule has 6 N–H and O–H groups in total. The van der Waals surface area contributed by atoms with Crippen molar-refractivity contribution in [2.45, 2.75) is 38.8 Å². The molecule has 0 fully saturated rings. The van der Waals surface area contributed by atoms with E-state index in [1.54, 1.807) is 27.0 Å². The maximum atomic E-state index is 12.9. The topological polar surface area (TPSA) is 160 Å². The van der Waals surface area contributed by atoms with Crippen molar-refractivity contribution in [3.63, 3.8) is 0 Å². The van der Waals surface area contributed by atoms with Crippen molar-refractivity contribution >= 4 is 35.3 Å². The summed E-state index contributed by atoms with van der Waals surface area (Å²) in [6.07, 6.45) is -0.285. The van der Waals surface area contributed by atoms with E-state index in [0.29, 0.717) is 13.2 Å². The number of carbonyl (C=O) groups is 4. The Labute approximate surface area is 185 Å². The average Bonchev–Trinajstić information content (AvgIpc) is 2.69. The quantitative estimate of drug-likeness (QED) is 0.270. The van der Waals surface area contributed by atoms with Crippen LogP contribution in [0.3, 0.4) is 0 Å². The Hall–Kier alpha value is -2.85. The van der Waals surface area contributed by atoms with Gasteiger partial charge in [0.15, 0.2) is 0 Å². The molecule has 11 heteroatoms. The highest BCUT2D eigenvalue weighted by Gasteiger charge is 2.29. The van der Waals surface area contributed by atoms with Crippen LogP contribution in [0, 0.1) is 5.92 Å². The summed E-state index contributed by atoms with van der Waals surface area (Å²) in [7, 11) is 1.75. The van der Waals surface area contributed by atoms with Crippen LogP contribution in [0.15, 0.2) is 18.2 Å². The first-order valence-corrected chi connectivity index (χ1v) is 10.1. The highest BCUT2D eigenvalue weighted by atomic mass is 35.5. The molecule has 172 valence electrons. The molecule has 3 amide bonds. The molecule has 0 aromatic heterocycles. The van der Waals surface area contributed by atoms with Crippen molar-refractivity contribution in [3.05, 3.63) is 28.8 Å². The van der Waals surface area contributed by atoms with Gasteiger partial charge in [-0.2, -0.15) is 0 Å². The molecule has 1 rings (SSSR count). The lowest BCUT2D eigenvalue weighted by Gasteiger charge is -2.23. The van der Waals surface area contributed by atoms with Crippen LogP contribution >= 0.6 is 11.6 Å². The van der Waals surface area contributed by atoms with Gasteiger partial charge in [-0.15, -0.1) is 0 Å². The van der Waals surface area contributed by atoms with E-state index in [1.165, 1.54) is 12.1 Å². The summed E-state index contributed by atoms with van der Waals surface area (Å²) in [5.74, 6) is -3.41. The first-order valence-electron chi connectivity index (χ1n) is 9.76. The van der Waals surface area contributed by atoms with Crippen LogP contribution in [-0.4, -0.2) is 61.1 Å². The van der Waals surface area contributed by atoms with E-state index in [2.05, 4.69) is 16.0 Å². The van der Waals surface area contributed by atoms with E-state index in [4.69, 9.17) is 22.1 Å². The molecular formula is C20H29ClN4O6. The van der Waals surface area contributed by atoms with E-state index in [-0.39, 0.29) is 29.2 Å². The number of hydrogen-bond donors (Lipinski definition) is 5. The lowest BCUT2D eigenvalue weighted by molar-refractivity contribution is -0.143. The van der Waals surface area contributed by atoms with Crippen LogP contribution < -0.4 is 26.4 Å². The standard InChI is InChI=1S/C20H29ClN4O6/c1-11(2)17(20(29)30)25-19(28)14(5-7-16(22)26)24-18(27)13-10-12(21)4-6-15(13)31-9-8-23-3/h4,6,10-11,14,17,23H,5,7-9H2,1-3H3,(H2,22,26)(H,24,27)(H,25,28)(H,29,30)/t14-,17-/m0/s1. The molecule has 0 heterocycles. The summed E-state index contributed by atoms with van der Waals surface area (Å²) in [6.45, 7) is 4.10. The van der Waals surface area contributed by atoms with Crippen molar-refractivity contribution in [2.24, 2.45) is 11.7 Å². The molecule has 0 saturated carbocycles. The predicted molar refractivity (Wildman–Crippen MR) is 115 cm³/mol. The zero-order valence-corrected chi connectivity index (χ0v) is 18.5. The van der Waals surface area contributed by atoms with E-state index >= 15 is 0 Å². The summed E-state index contributed by atoms with van der Waals surface area (Å²) < 4.78 is 5.59. The maximum Gasteiger partial charge on any atom is 0.326 e. The summed E-state index contributed by atoms with van der Waals surface area (Å²) >= 11 is 6.01. The fraction of sp³-hybridized carbons (Fsp3) is 0.500. The van der Waals surface area contributed by atoms with Crippen LogP contribution in [0.2, 0.25) is 5.02 Å². The molecule has 0 aliphatic heterocycles. The van der Waals surface area contributed by atoms with Crippen molar-refractivity contribution in [3.8, 4) is 5.75 Å². The molecule has 1 aromatic rings. The lowest BCUT2D eigenvalue weighted by Crippen LogP contribution is -2.53. The van der Waals surface area contributed by atoms with E-state index in [0.717, 1.165) is 0 Å². The van der Waals surface area contributed by atoms with Gasteiger partial charge in [0, 0.05) is 18.0 Å². The Morgan fingerprint density at radius 1 is 1.19 bits per heavy atom. The Bertz CT molecular complexity index is 802. The minimum absolute atomic E-state index is 0.0964. The second-order valence-corrected chi connectivity index (χ2v) is 7.63. The molecule has 0 radical (unpaired) electrons. The minimum Gasteiger partial charge on any atom is -0.491 e. The summed E-state index contributed by atoms with van der Waals surface area (Å²) in [5, 5.41) is 17.4. The molecule has 0 saturated heterocycles. The molecule has 0 bridgehead atoms. The van der Waals surface area contributed by atoms with Gasteiger partial charge in [0.2, 0.25) is 11.8 Å². The third kappa shape index (κ3) is 8.81. The van der Waals surface area contributed by atoms with Crippen LogP contribution in [0.4, 0.5) is 0 Å². The van der Waals surface area contributed by atoms with Gasteiger partial charge in [-0.1, -0.05) is 25.4 Å². The van der Waals surface area contributed by atoms with Crippen molar-refractivity contribution in [1.29, 1.82) is 0 Å². The maximum absolute atomic E-state index is 12.9. The van der Waals surface area contributed by atoms with Gasteiger partial charge >= 0.3 is 5.97 Å². The van der Waals surface area contributed by atoms with Crippen molar-refractivity contribution in [2.75, 3.05) is 20.2 Å². The van der Waals surface area contributed by atoms with Gasteiger partial charge in [-0.3, -0.25) is 14.4 Å². The van der Waals surface area contributed by atoms with Gasteiger partial charge < -0.3 is 31.5 Å². The van der Waals surface area contributed by atoms with Crippen LogP contribution in [0.25, 0.3) is 0 Å². The number of nitrogens with one attached hydrogen (secondary N) is 3. The molecular weight excluding hydrogens is 428 g/mol. The van der Waals surface area contributed by atoms with E-state index < -0.39 is 41.7 Å². The van der Waals surface area contributed by atoms with E-state index in [1.807, 2.05) is 0 Å².